The van der Waals surface area contributed by atoms with Crippen molar-refractivity contribution in [2.75, 3.05) is 16.6 Å². The highest BCUT2D eigenvalue weighted by Gasteiger charge is 2.20. The quantitative estimate of drug-likeness (QED) is 0.316. The number of thiazole rings is 1. The first kappa shape index (κ1) is 24.4. The maximum atomic E-state index is 13.2. The molecule has 10 heteroatoms. The first-order valence-electron chi connectivity index (χ1n) is 10.7. The van der Waals surface area contributed by atoms with Crippen LogP contribution in [-0.4, -0.2) is 25.9 Å². The molecule has 0 unspecified atom stereocenters. The van der Waals surface area contributed by atoms with Crippen LogP contribution < -0.4 is 14.8 Å². The zero-order valence-electron chi connectivity index (χ0n) is 18.9. The Kier molecular flexibility index (Phi) is 7.13. The van der Waals surface area contributed by atoms with Crippen LogP contribution in [0.5, 0.6) is 5.75 Å². The lowest BCUT2D eigenvalue weighted by molar-refractivity contribution is 0.102. The molecule has 7 nitrogen and oxygen atoms in total. The van der Waals surface area contributed by atoms with Gasteiger partial charge in [0.05, 0.1) is 28.4 Å². The lowest BCUT2D eigenvalue weighted by atomic mass is 10.1. The number of aryl methyl sites for hydroxylation is 1. The Hall–Kier alpha value is -3.76. The third kappa shape index (κ3) is 5.67. The van der Waals surface area contributed by atoms with E-state index < -0.39 is 21.7 Å². The van der Waals surface area contributed by atoms with E-state index in [9.17, 15) is 17.6 Å². The smallest absolute Gasteiger partial charge is 0.261 e. The zero-order chi connectivity index (χ0) is 25.0. The number of carbonyl (C=O) groups excluding carboxylic acids is 1. The summed E-state index contributed by atoms with van der Waals surface area (Å²) in [6.07, 6.45) is 0. The molecular formula is C25H22FN3O4S2. The summed E-state index contributed by atoms with van der Waals surface area (Å²) in [5.74, 6) is -0.307. The Labute approximate surface area is 206 Å². The Morgan fingerprint density at radius 1 is 1.03 bits per heavy atom. The fraction of sp³-hybridized carbons (Fsp3) is 0.120. The summed E-state index contributed by atoms with van der Waals surface area (Å²) >= 11 is 1.32. The number of halogens is 1. The van der Waals surface area contributed by atoms with Gasteiger partial charge in [-0.1, -0.05) is 12.1 Å². The molecular weight excluding hydrogens is 489 g/mol. The van der Waals surface area contributed by atoms with Crippen LogP contribution in [0.1, 0.15) is 22.2 Å². The maximum absolute atomic E-state index is 13.2. The molecule has 3 aromatic carbocycles. The Bertz CT molecular complexity index is 1450. The molecule has 4 aromatic rings. The molecule has 4 rings (SSSR count). The van der Waals surface area contributed by atoms with Gasteiger partial charge in [0.25, 0.3) is 15.9 Å². The molecule has 0 fully saturated rings. The van der Waals surface area contributed by atoms with Crippen LogP contribution in [0.3, 0.4) is 0 Å². The number of para-hydroxylation sites is 1. The topological polar surface area (TPSA) is 97.4 Å². The van der Waals surface area contributed by atoms with Crippen LogP contribution in [0.2, 0.25) is 0 Å². The van der Waals surface area contributed by atoms with Gasteiger partial charge in [-0.15, -0.1) is 11.3 Å². The van der Waals surface area contributed by atoms with Gasteiger partial charge < -0.3 is 4.74 Å². The molecule has 0 saturated heterocycles. The van der Waals surface area contributed by atoms with E-state index in [1.165, 1.54) is 23.5 Å². The van der Waals surface area contributed by atoms with Crippen molar-refractivity contribution in [3.05, 3.63) is 89.1 Å². The lowest BCUT2D eigenvalue weighted by Crippen LogP contribution is -2.18. The second kappa shape index (κ2) is 10.2. The minimum absolute atomic E-state index is 0.0920. The average Bonchev–Trinajstić information content (AvgIpc) is 3.20. The van der Waals surface area contributed by atoms with Crippen LogP contribution >= 0.6 is 11.3 Å². The largest absolute Gasteiger partial charge is 0.494 e. The van der Waals surface area contributed by atoms with E-state index in [0.717, 1.165) is 46.1 Å². The predicted octanol–water partition coefficient (Wildman–Crippen LogP) is 5.71. The normalized spacial score (nSPS) is 11.2. The Morgan fingerprint density at radius 3 is 2.40 bits per heavy atom. The SMILES string of the molecule is CCOc1ccc(-c2nc(NC(=O)c3ccccc3NS(=O)(=O)c3ccc(F)cc3)sc2C)cc1. The second-order valence-corrected chi connectivity index (χ2v) is 10.3. The molecule has 180 valence electrons. The van der Waals surface area contributed by atoms with Gasteiger partial charge in [-0.05, 0) is 74.5 Å². The fourth-order valence-corrected chi connectivity index (χ4v) is 5.26. The van der Waals surface area contributed by atoms with Crippen molar-refractivity contribution in [2.45, 2.75) is 18.7 Å². The van der Waals surface area contributed by atoms with E-state index in [1.54, 1.807) is 12.1 Å². The van der Waals surface area contributed by atoms with E-state index in [2.05, 4.69) is 15.0 Å². The molecule has 35 heavy (non-hydrogen) atoms. The molecule has 0 aliphatic rings. The van der Waals surface area contributed by atoms with Gasteiger partial charge >= 0.3 is 0 Å². The van der Waals surface area contributed by atoms with Crippen molar-refractivity contribution < 1.29 is 22.3 Å². The summed E-state index contributed by atoms with van der Waals surface area (Å²) in [7, 11) is -4.03. The summed E-state index contributed by atoms with van der Waals surface area (Å²) < 4.78 is 46.5. The first-order valence-corrected chi connectivity index (χ1v) is 13.0. The number of nitrogens with one attached hydrogen (secondary N) is 2. The van der Waals surface area contributed by atoms with Gasteiger partial charge in [0.2, 0.25) is 0 Å². The molecule has 1 amide bonds. The van der Waals surface area contributed by atoms with Gasteiger partial charge in [-0.3, -0.25) is 14.8 Å². The van der Waals surface area contributed by atoms with Crippen LogP contribution in [0.4, 0.5) is 15.2 Å². The third-order valence-corrected chi connectivity index (χ3v) is 7.26. The van der Waals surface area contributed by atoms with Crippen molar-refractivity contribution in [1.29, 1.82) is 0 Å². The van der Waals surface area contributed by atoms with Gasteiger partial charge in [0, 0.05) is 10.4 Å². The van der Waals surface area contributed by atoms with E-state index in [-0.39, 0.29) is 16.1 Å². The molecule has 0 aliphatic heterocycles. The zero-order valence-corrected chi connectivity index (χ0v) is 20.5. The summed E-state index contributed by atoms with van der Waals surface area (Å²) in [6.45, 7) is 4.40. The van der Waals surface area contributed by atoms with E-state index in [0.29, 0.717) is 11.7 Å². The van der Waals surface area contributed by atoms with Gasteiger partial charge in [-0.2, -0.15) is 0 Å². The fourth-order valence-electron chi connectivity index (χ4n) is 3.35. The number of carbonyl (C=O) groups is 1. The molecule has 0 bridgehead atoms. The number of hydrogen-bond acceptors (Lipinski definition) is 6. The van der Waals surface area contributed by atoms with Crippen LogP contribution in [-0.2, 0) is 10.0 Å². The van der Waals surface area contributed by atoms with Crippen molar-refractivity contribution in [3.63, 3.8) is 0 Å². The number of benzene rings is 3. The summed E-state index contributed by atoms with van der Waals surface area (Å²) in [4.78, 5) is 18.4. The summed E-state index contributed by atoms with van der Waals surface area (Å²) in [5, 5.41) is 3.14. The van der Waals surface area contributed by atoms with E-state index in [1.807, 2.05) is 38.1 Å². The molecule has 2 N–H and O–H groups in total. The highest BCUT2D eigenvalue weighted by molar-refractivity contribution is 7.92. The second-order valence-electron chi connectivity index (χ2n) is 7.44. The Balaban J connectivity index is 1.54. The monoisotopic (exact) mass is 511 g/mol. The number of aromatic nitrogens is 1. The molecule has 1 heterocycles. The number of ether oxygens (including phenoxy) is 1. The van der Waals surface area contributed by atoms with Crippen molar-refractivity contribution in [2.24, 2.45) is 0 Å². The molecule has 0 atom stereocenters. The lowest BCUT2D eigenvalue weighted by Gasteiger charge is -2.12. The van der Waals surface area contributed by atoms with Gasteiger partial charge in [0.1, 0.15) is 11.6 Å². The highest BCUT2D eigenvalue weighted by atomic mass is 32.2. The number of amides is 1. The first-order chi connectivity index (χ1) is 16.8. The summed E-state index contributed by atoms with van der Waals surface area (Å²) in [5.41, 5.74) is 1.83. The number of nitrogens with zero attached hydrogens (tertiary/aromatic N) is 1. The number of rotatable bonds is 8. The Morgan fingerprint density at radius 2 is 1.71 bits per heavy atom. The molecule has 1 aromatic heterocycles. The minimum Gasteiger partial charge on any atom is -0.494 e. The maximum Gasteiger partial charge on any atom is 0.261 e. The average molecular weight is 512 g/mol. The van der Waals surface area contributed by atoms with Crippen LogP contribution in [0, 0.1) is 12.7 Å². The van der Waals surface area contributed by atoms with Crippen molar-refractivity contribution >= 4 is 38.1 Å². The van der Waals surface area contributed by atoms with Gasteiger partial charge in [-0.25, -0.2) is 17.8 Å². The standard InChI is InChI=1S/C25H22FN3O4S2/c1-3-33-19-12-8-17(9-13-19)23-16(2)34-25(27-23)28-24(30)21-6-4-5-7-22(21)29-35(31,32)20-14-10-18(26)11-15-20/h4-15,29H,3H2,1-2H3,(H,27,28,30). The van der Waals surface area contributed by atoms with Crippen molar-refractivity contribution in [1.82, 2.24) is 4.98 Å². The molecule has 0 aliphatic carbocycles. The van der Waals surface area contributed by atoms with E-state index in [4.69, 9.17) is 4.74 Å². The van der Waals surface area contributed by atoms with Crippen LogP contribution in [0.15, 0.2) is 77.7 Å². The number of sulfonamides is 1. The van der Waals surface area contributed by atoms with Crippen molar-refractivity contribution in [3.8, 4) is 17.0 Å². The number of anilines is 2. The summed E-state index contributed by atoms with van der Waals surface area (Å²) in [6, 6.07) is 18.2. The molecule has 0 spiro atoms. The molecule has 0 saturated carbocycles. The molecule has 0 radical (unpaired) electrons. The van der Waals surface area contributed by atoms with E-state index >= 15 is 0 Å². The number of hydrogen-bond donors (Lipinski definition) is 2. The highest BCUT2D eigenvalue weighted by Crippen LogP contribution is 2.32. The van der Waals surface area contributed by atoms with Crippen LogP contribution in [0.25, 0.3) is 11.3 Å². The third-order valence-electron chi connectivity index (χ3n) is 5.00. The predicted molar refractivity (Wildman–Crippen MR) is 135 cm³/mol. The minimum atomic E-state index is -4.03. The van der Waals surface area contributed by atoms with Gasteiger partial charge in [0.15, 0.2) is 5.13 Å².